The van der Waals surface area contributed by atoms with Crippen LogP contribution < -0.4 is 10.6 Å². The zero-order valence-electron chi connectivity index (χ0n) is 9.74. The molecule has 0 fully saturated rings. The van der Waals surface area contributed by atoms with E-state index in [4.69, 9.17) is 0 Å². The Kier molecular flexibility index (Phi) is 3.09. The Morgan fingerprint density at radius 2 is 2.06 bits per heavy atom. The molecule has 0 saturated carbocycles. The van der Waals surface area contributed by atoms with Crippen molar-refractivity contribution in [3.05, 3.63) is 41.6 Å². The maximum absolute atomic E-state index is 11.6. The van der Waals surface area contributed by atoms with E-state index in [0.29, 0.717) is 5.82 Å². The third-order valence-electron chi connectivity index (χ3n) is 2.22. The van der Waals surface area contributed by atoms with Gasteiger partial charge in [0, 0.05) is 17.4 Å². The lowest BCUT2D eigenvalue weighted by Gasteiger charge is -2.05. The van der Waals surface area contributed by atoms with Crippen molar-refractivity contribution in [3.63, 3.8) is 0 Å². The van der Waals surface area contributed by atoms with Gasteiger partial charge in [0.1, 0.15) is 0 Å². The van der Waals surface area contributed by atoms with Crippen molar-refractivity contribution in [1.29, 1.82) is 0 Å². The van der Waals surface area contributed by atoms with Gasteiger partial charge in [0.2, 0.25) is 0 Å². The molecule has 3 N–H and O–H groups in total. The second-order valence-corrected chi connectivity index (χ2v) is 3.88. The number of amides is 2. The van der Waals surface area contributed by atoms with Gasteiger partial charge in [0.15, 0.2) is 5.82 Å². The Morgan fingerprint density at radius 1 is 1.24 bits per heavy atom. The van der Waals surface area contributed by atoms with Crippen LogP contribution in [0.5, 0.6) is 0 Å². The first-order chi connectivity index (χ1) is 8.13. The monoisotopic (exact) mass is 230 g/mol. The van der Waals surface area contributed by atoms with E-state index in [-0.39, 0.29) is 6.03 Å². The number of hydrogen-bond donors (Lipinski definition) is 3. The number of nitrogens with one attached hydrogen (secondary N) is 3. The molecular weight excluding hydrogens is 216 g/mol. The topological polar surface area (TPSA) is 69.8 Å². The molecule has 0 aliphatic heterocycles. The van der Waals surface area contributed by atoms with Gasteiger partial charge in [-0.3, -0.25) is 10.4 Å². The quantitative estimate of drug-likeness (QED) is 0.742. The summed E-state index contributed by atoms with van der Waals surface area (Å²) in [6.45, 7) is 3.84. The van der Waals surface area contributed by atoms with Gasteiger partial charge < -0.3 is 5.32 Å². The van der Waals surface area contributed by atoms with Gasteiger partial charge in [-0.05, 0) is 31.5 Å². The number of rotatable bonds is 2. The van der Waals surface area contributed by atoms with Crippen LogP contribution in [0.2, 0.25) is 0 Å². The van der Waals surface area contributed by atoms with E-state index in [9.17, 15) is 4.79 Å². The second kappa shape index (κ2) is 4.69. The number of anilines is 2. The summed E-state index contributed by atoms with van der Waals surface area (Å²) in [5, 5.41) is 12.0. The Morgan fingerprint density at radius 3 is 2.71 bits per heavy atom. The number of aryl methyl sites for hydroxylation is 2. The molecule has 5 heteroatoms. The molecule has 0 unspecified atom stereocenters. The maximum atomic E-state index is 11.6. The van der Waals surface area contributed by atoms with Gasteiger partial charge in [-0.1, -0.05) is 12.1 Å². The minimum Gasteiger partial charge on any atom is -0.308 e. The lowest BCUT2D eigenvalue weighted by atomic mass is 10.2. The number of carbonyl (C=O) groups is 1. The van der Waals surface area contributed by atoms with Crippen LogP contribution in [-0.4, -0.2) is 16.2 Å². The van der Waals surface area contributed by atoms with E-state index in [1.807, 2.05) is 38.1 Å². The molecule has 1 aromatic carbocycles. The zero-order valence-corrected chi connectivity index (χ0v) is 9.74. The highest BCUT2D eigenvalue weighted by molar-refractivity contribution is 5.99. The average molecular weight is 230 g/mol. The van der Waals surface area contributed by atoms with Crippen molar-refractivity contribution in [1.82, 2.24) is 10.2 Å². The van der Waals surface area contributed by atoms with Crippen molar-refractivity contribution < 1.29 is 4.79 Å². The summed E-state index contributed by atoms with van der Waals surface area (Å²) in [5.74, 6) is 0.507. The molecule has 5 nitrogen and oxygen atoms in total. The lowest BCUT2D eigenvalue weighted by Crippen LogP contribution is -2.19. The third-order valence-corrected chi connectivity index (χ3v) is 2.22. The summed E-state index contributed by atoms with van der Waals surface area (Å²) >= 11 is 0. The molecule has 88 valence electrons. The molecule has 17 heavy (non-hydrogen) atoms. The molecule has 2 amide bonds. The largest absolute Gasteiger partial charge is 0.324 e. The Labute approximate surface area is 99.2 Å². The lowest BCUT2D eigenvalue weighted by molar-refractivity contribution is 0.262. The fraction of sp³-hybridized carbons (Fsp3) is 0.167. The third kappa shape index (κ3) is 3.07. The summed E-state index contributed by atoms with van der Waals surface area (Å²) in [7, 11) is 0. The molecule has 1 heterocycles. The molecule has 0 atom stereocenters. The number of carbonyl (C=O) groups excluding carboxylic acids is 1. The van der Waals surface area contributed by atoms with Crippen LogP contribution in [-0.2, 0) is 0 Å². The van der Waals surface area contributed by atoms with Crippen LogP contribution >= 0.6 is 0 Å². The van der Waals surface area contributed by atoms with Crippen LogP contribution in [0.25, 0.3) is 0 Å². The Bertz CT molecular complexity index is 533. The molecular formula is C12H14N4O. The van der Waals surface area contributed by atoms with Crippen LogP contribution in [0.1, 0.15) is 11.3 Å². The minimum absolute atomic E-state index is 0.304. The van der Waals surface area contributed by atoms with Gasteiger partial charge in [-0.15, -0.1) is 0 Å². The molecule has 0 aliphatic rings. The highest BCUT2D eigenvalue weighted by atomic mass is 16.2. The van der Waals surface area contributed by atoms with Gasteiger partial charge >= 0.3 is 6.03 Å². The molecule has 0 bridgehead atoms. The number of nitrogens with zero attached hydrogens (tertiary/aromatic N) is 1. The first kappa shape index (κ1) is 11.2. The average Bonchev–Trinajstić information content (AvgIpc) is 2.63. The number of aromatic nitrogens is 2. The Hall–Kier alpha value is -2.30. The summed E-state index contributed by atoms with van der Waals surface area (Å²) in [6.07, 6.45) is 0. The van der Waals surface area contributed by atoms with Crippen LogP contribution in [0, 0.1) is 13.8 Å². The van der Waals surface area contributed by atoms with Gasteiger partial charge in [0.25, 0.3) is 0 Å². The number of urea groups is 1. The Balaban J connectivity index is 1.98. The molecule has 2 rings (SSSR count). The highest BCUT2D eigenvalue weighted by Crippen LogP contribution is 2.10. The van der Waals surface area contributed by atoms with E-state index in [1.165, 1.54) is 0 Å². The second-order valence-electron chi connectivity index (χ2n) is 3.88. The van der Waals surface area contributed by atoms with Crippen molar-refractivity contribution in [2.24, 2.45) is 0 Å². The van der Waals surface area contributed by atoms with Gasteiger partial charge in [-0.2, -0.15) is 5.10 Å². The first-order valence-corrected chi connectivity index (χ1v) is 5.30. The minimum atomic E-state index is -0.304. The summed E-state index contributed by atoms with van der Waals surface area (Å²) < 4.78 is 0. The SMILES string of the molecule is Cc1cccc(NC(=O)Nc2cc(C)[nH]n2)c1. The van der Waals surface area contributed by atoms with Crippen molar-refractivity contribution in [2.75, 3.05) is 10.6 Å². The van der Waals surface area contributed by atoms with E-state index < -0.39 is 0 Å². The molecule has 1 aromatic heterocycles. The van der Waals surface area contributed by atoms with Gasteiger partial charge in [0.05, 0.1) is 0 Å². The van der Waals surface area contributed by atoms with E-state index >= 15 is 0 Å². The van der Waals surface area contributed by atoms with Crippen molar-refractivity contribution in [3.8, 4) is 0 Å². The number of aromatic amines is 1. The molecule has 0 saturated heterocycles. The summed E-state index contributed by atoms with van der Waals surface area (Å²) in [4.78, 5) is 11.6. The standard InChI is InChI=1S/C12H14N4O/c1-8-4-3-5-10(6-8)13-12(17)14-11-7-9(2)15-16-11/h3-7H,1-2H3,(H3,13,14,15,16,17). The highest BCUT2D eigenvalue weighted by Gasteiger charge is 2.04. The van der Waals surface area contributed by atoms with E-state index in [2.05, 4.69) is 20.8 Å². The van der Waals surface area contributed by atoms with E-state index in [0.717, 1.165) is 16.9 Å². The normalized spacial score (nSPS) is 10.0. The molecule has 0 aliphatic carbocycles. The van der Waals surface area contributed by atoms with Gasteiger partial charge in [-0.25, -0.2) is 4.79 Å². The van der Waals surface area contributed by atoms with Crippen molar-refractivity contribution in [2.45, 2.75) is 13.8 Å². The molecule has 2 aromatic rings. The van der Waals surface area contributed by atoms with E-state index in [1.54, 1.807) is 6.07 Å². The predicted octanol–water partition coefficient (Wildman–Crippen LogP) is 2.67. The summed E-state index contributed by atoms with van der Waals surface area (Å²) in [5.41, 5.74) is 2.75. The molecule has 0 spiro atoms. The fourth-order valence-corrected chi connectivity index (χ4v) is 1.48. The number of H-pyrrole nitrogens is 1. The predicted molar refractivity (Wildman–Crippen MR) is 67.1 cm³/mol. The van der Waals surface area contributed by atoms with Crippen LogP contribution in [0.3, 0.4) is 0 Å². The number of hydrogen-bond acceptors (Lipinski definition) is 2. The van der Waals surface area contributed by atoms with Crippen LogP contribution in [0.15, 0.2) is 30.3 Å². The zero-order chi connectivity index (χ0) is 12.3. The maximum Gasteiger partial charge on any atom is 0.324 e. The molecule has 0 radical (unpaired) electrons. The first-order valence-electron chi connectivity index (χ1n) is 5.30. The van der Waals surface area contributed by atoms with Crippen LogP contribution in [0.4, 0.5) is 16.3 Å². The summed E-state index contributed by atoms with van der Waals surface area (Å²) in [6, 6.07) is 9.05. The van der Waals surface area contributed by atoms with Crippen molar-refractivity contribution >= 4 is 17.5 Å². The number of benzene rings is 1. The smallest absolute Gasteiger partial charge is 0.308 e. The fourth-order valence-electron chi connectivity index (χ4n) is 1.48.